The Bertz CT molecular complexity index is 551. The number of hydrogen-bond donors (Lipinski definition) is 4. The smallest absolute Gasteiger partial charge is 0.330 e. The Labute approximate surface area is 102 Å². The fourth-order valence-electron chi connectivity index (χ4n) is 1.94. The Morgan fingerprint density at radius 2 is 2.22 bits per heavy atom. The molecule has 0 bridgehead atoms. The topological polar surface area (TPSA) is 131 Å². The first-order chi connectivity index (χ1) is 8.45. The first-order valence-electron chi connectivity index (χ1n) is 5.47. The third-order valence-electron chi connectivity index (χ3n) is 3.02. The molecule has 100 valence electrons. The second-order valence-corrected chi connectivity index (χ2v) is 4.29. The highest BCUT2D eigenvalue weighted by Gasteiger charge is 2.42. The molecule has 0 radical (unpaired) electrons. The lowest BCUT2D eigenvalue weighted by molar-refractivity contribution is -0.0465. The predicted molar refractivity (Wildman–Crippen MR) is 61.0 cm³/mol. The van der Waals surface area contributed by atoms with Gasteiger partial charge in [0.25, 0.3) is 5.56 Å². The molecule has 2 heterocycles. The van der Waals surface area contributed by atoms with E-state index >= 15 is 0 Å². The summed E-state index contributed by atoms with van der Waals surface area (Å²) in [6.07, 6.45) is -1.51. The summed E-state index contributed by atoms with van der Waals surface area (Å²) in [7, 11) is 0. The van der Waals surface area contributed by atoms with Crippen LogP contribution in [-0.4, -0.2) is 44.6 Å². The summed E-state index contributed by atoms with van der Waals surface area (Å²) in [6.45, 7) is 1.14. The molecule has 1 aliphatic heterocycles. The van der Waals surface area contributed by atoms with Gasteiger partial charge in [-0.3, -0.25) is 14.3 Å². The molecule has 4 atom stereocenters. The number of nitrogens with two attached hydrogens (primary N) is 1. The van der Waals surface area contributed by atoms with Crippen molar-refractivity contribution in [1.82, 2.24) is 9.55 Å². The van der Waals surface area contributed by atoms with Crippen molar-refractivity contribution >= 4 is 0 Å². The van der Waals surface area contributed by atoms with E-state index in [0.29, 0.717) is 5.56 Å². The summed E-state index contributed by atoms with van der Waals surface area (Å²) < 4.78 is 6.42. The molecule has 1 aliphatic rings. The maximum Gasteiger partial charge on any atom is 0.330 e. The first-order valence-corrected chi connectivity index (χ1v) is 5.47. The summed E-state index contributed by atoms with van der Waals surface area (Å²) in [5, 5.41) is 18.7. The fourth-order valence-corrected chi connectivity index (χ4v) is 1.94. The molecule has 8 nitrogen and oxygen atoms in total. The monoisotopic (exact) mass is 257 g/mol. The van der Waals surface area contributed by atoms with Crippen molar-refractivity contribution in [1.29, 1.82) is 0 Å². The van der Waals surface area contributed by atoms with Crippen LogP contribution in [0, 0.1) is 6.92 Å². The molecule has 0 aromatic carbocycles. The Balaban J connectivity index is 2.42. The lowest BCUT2D eigenvalue weighted by Gasteiger charge is -2.18. The lowest BCUT2D eigenvalue weighted by Crippen LogP contribution is -2.43. The van der Waals surface area contributed by atoms with E-state index in [9.17, 15) is 14.7 Å². The quantitative estimate of drug-likeness (QED) is 0.460. The average Bonchev–Trinajstić information content (AvgIpc) is 2.61. The van der Waals surface area contributed by atoms with Crippen LogP contribution in [0.15, 0.2) is 15.8 Å². The number of aryl methyl sites for hydroxylation is 1. The molecule has 2 unspecified atom stereocenters. The fraction of sp³-hybridized carbons (Fsp3) is 0.600. The molecule has 1 aromatic heterocycles. The van der Waals surface area contributed by atoms with Crippen LogP contribution < -0.4 is 17.0 Å². The van der Waals surface area contributed by atoms with Crippen LogP contribution in [0.25, 0.3) is 0 Å². The van der Waals surface area contributed by atoms with Gasteiger partial charge < -0.3 is 20.7 Å². The van der Waals surface area contributed by atoms with E-state index in [1.807, 2.05) is 0 Å². The van der Waals surface area contributed by atoms with Crippen LogP contribution in [-0.2, 0) is 4.74 Å². The van der Waals surface area contributed by atoms with Gasteiger partial charge in [0.1, 0.15) is 12.2 Å². The van der Waals surface area contributed by atoms with Gasteiger partial charge >= 0.3 is 5.69 Å². The van der Waals surface area contributed by atoms with E-state index in [1.165, 1.54) is 13.1 Å². The van der Waals surface area contributed by atoms with Gasteiger partial charge in [0.2, 0.25) is 0 Å². The van der Waals surface area contributed by atoms with Gasteiger partial charge in [-0.1, -0.05) is 0 Å². The highest BCUT2D eigenvalue weighted by molar-refractivity contribution is 5.03. The standard InChI is InChI=1S/C10H15N3O5/c1-4-2-13(10(17)12-8(4)16)9-6(11)7(15)5(3-14)18-9/h2,5-7,9,14-15H,3,11H2,1H3,(H,12,16,17)/t5-,6?,7?,9-/m0/s1. The molecule has 0 spiro atoms. The number of rotatable bonds is 2. The molecule has 2 rings (SSSR count). The van der Waals surface area contributed by atoms with Crippen LogP contribution in [0.1, 0.15) is 11.8 Å². The highest BCUT2D eigenvalue weighted by atomic mass is 16.5. The van der Waals surface area contributed by atoms with Crippen molar-refractivity contribution in [2.75, 3.05) is 6.61 Å². The van der Waals surface area contributed by atoms with Crippen LogP contribution in [0.5, 0.6) is 0 Å². The van der Waals surface area contributed by atoms with Gasteiger partial charge in [-0.05, 0) is 6.92 Å². The number of nitrogens with zero attached hydrogens (tertiary/aromatic N) is 1. The van der Waals surface area contributed by atoms with E-state index < -0.39 is 42.3 Å². The number of aliphatic hydroxyl groups is 2. The van der Waals surface area contributed by atoms with Gasteiger partial charge in [-0.15, -0.1) is 0 Å². The summed E-state index contributed by atoms with van der Waals surface area (Å²) in [4.78, 5) is 25.0. The minimum Gasteiger partial charge on any atom is -0.394 e. The Hall–Kier alpha value is -1.48. The van der Waals surface area contributed by atoms with E-state index in [1.54, 1.807) is 0 Å². The number of aliphatic hydroxyl groups excluding tert-OH is 2. The van der Waals surface area contributed by atoms with Crippen molar-refractivity contribution in [3.63, 3.8) is 0 Å². The van der Waals surface area contributed by atoms with Gasteiger partial charge in [0.05, 0.1) is 12.6 Å². The second kappa shape index (κ2) is 4.65. The zero-order chi connectivity index (χ0) is 13.4. The largest absolute Gasteiger partial charge is 0.394 e. The normalized spacial score (nSPS) is 31.8. The lowest BCUT2D eigenvalue weighted by atomic mass is 10.1. The van der Waals surface area contributed by atoms with E-state index in [0.717, 1.165) is 4.57 Å². The molecular formula is C10H15N3O5. The summed E-state index contributed by atoms with van der Waals surface area (Å²) in [5.41, 5.74) is 4.91. The van der Waals surface area contributed by atoms with Gasteiger partial charge in [0.15, 0.2) is 6.23 Å². The third-order valence-corrected chi connectivity index (χ3v) is 3.02. The highest BCUT2D eigenvalue weighted by Crippen LogP contribution is 2.26. The summed E-state index contributed by atoms with van der Waals surface area (Å²) in [5.74, 6) is 0. The van der Waals surface area contributed by atoms with E-state index in [2.05, 4.69) is 4.98 Å². The van der Waals surface area contributed by atoms with Crippen LogP contribution in [0.4, 0.5) is 0 Å². The van der Waals surface area contributed by atoms with E-state index in [4.69, 9.17) is 15.6 Å². The van der Waals surface area contributed by atoms with Gasteiger partial charge in [-0.2, -0.15) is 0 Å². The number of aromatic nitrogens is 2. The molecule has 0 saturated carbocycles. The molecule has 1 fully saturated rings. The molecular weight excluding hydrogens is 242 g/mol. The van der Waals surface area contributed by atoms with Crippen molar-refractivity contribution in [2.24, 2.45) is 5.73 Å². The van der Waals surface area contributed by atoms with Gasteiger partial charge in [0, 0.05) is 11.8 Å². The molecule has 1 saturated heterocycles. The predicted octanol–water partition coefficient (Wildman–Crippen LogP) is -2.58. The zero-order valence-corrected chi connectivity index (χ0v) is 9.74. The number of hydrogen-bond acceptors (Lipinski definition) is 6. The Morgan fingerprint density at radius 3 is 2.78 bits per heavy atom. The van der Waals surface area contributed by atoms with Crippen molar-refractivity contribution in [3.8, 4) is 0 Å². The maximum absolute atomic E-state index is 11.7. The Kier molecular flexibility index (Phi) is 3.35. The van der Waals surface area contributed by atoms with E-state index in [-0.39, 0.29) is 0 Å². The van der Waals surface area contributed by atoms with Crippen molar-refractivity contribution < 1.29 is 14.9 Å². The SMILES string of the molecule is Cc1cn([C@H]2O[C@@H](CO)C(O)C2N)c(=O)[nH]c1=O. The minimum atomic E-state index is -1.07. The Morgan fingerprint density at radius 1 is 1.56 bits per heavy atom. The number of H-pyrrole nitrogens is 1. The maximum atomic E-state index is 11.7. The number of nitrogens with one attached hydrogen (secondary N) is 1. The molecule has 1 aromatic rings. The second-order valence-electron chi connectivity index (χ2n) is 4.29. The van der Waals surface area contributed by atoms with Crippen LogP contribution >= 0.6 is 0 Å². The van der Waals surface area contributed by atoms with Crippen molar-refractivity contribution in [2.45, 2.75) is 31.4 Å². The first kappa shape index (κ1) is 13.0. The average molecular weight is 257 g/mol. The molecule has 18 heavy (non-hydrogen) atoms. The summed E-state index contributed by atoms with van der Waals surface area (Å²) in [6, 6.07) is -0.856. The van der Waals surface area contributed by atoms with Crippen LogP contribution in [0.2, 0.25) is 0 Å². The minimum absolute atomic E-state index is 0.326. The summed E-state index contributed by atoms with van der Waals surface area (Å²) >= 11 is 0. The number of ether oxygens (including phenoxy) is 1. The molecule has 5 N–H and O–H groups in total. The molecule has 0 amide bonds. The van der Waals surface area contributed by atoms with Gasteiger partial charge in [-0.25, -0.2) is 4.79 Å². The molecule has 0 aliphatic carbocycles. The number of aromatic amines is 1. The molecule has 8 heteroatoms. The third kappa shape index (κ3) is 1.99. The van der Waals surface area contributed by atoms with Crippen molar-refractivity contribution in [3.05, 3.63) is 32.6 Å². The zero-order valence-electron chi connectivity index (χ0n) is 9.74. The van der Waals surface area contributed by atoms with Crippen LogP contribution in [0.3, 0.4) is 0 Å².